The van der Waals surface area contributed by atoms with E-state index in [-0.39, 0.29) is 13.2 Å². The summed E-state index contributed by atoms with van der Waals surface area (Å²) in [6.45, 7) is 3.87. The summed E-state index contributed by atoms with van der Waals surface area (Å²) in [6.07, 6.45) is 7.07. The van der Waals surface area contributed by atoms with Gasteiger partial charge in [0.2, 0.25) is 0 Å². The van der Waals surface area contributed by atoms with Gasteiger partial charge in [0.15, 0.2) is 13.2 Å². The molecule has 0 aliphatic heterocycles. The van der Waals surface area contributed by atoms with Gasteiger partial charge in [0.25, 0.3) is 0 Å². The minimum atomic E-state index is -0.421. The lowest BCUT2D eigenvalue weighted by atomic mass is 10.0. The first-order chi connectivity index (χ1) is 14.5. The minimum absolute atomic E-state index is 0.110. The molecule has 30 heavy (non-hydrogen) atoms. The molecular weight excluding hydrogens is 384 g/mol. The van der Waals surface area contributed by atoms with Crippen LogP contribution in [0.2, 0.25) is 0 Å². The number of carbonyl (C=O) groups is 2. The van der Waals surface area contributed by atoms with Gasteiger partial charge in [0.05, 0.1) is 13.2 Å². The maximum atomic E-state index is 11.5. The van der Waals surface area contributed by atoms with Gasteiger partial charge < -0.3 is 18.9 Å². The van der Waals surface area contributed by atoms with Gasteiger partial charge in [-0.05, 0) is 68.1 Å². The zero-order valence-corrected chi connectivity index (χ0v) is 17.3. The molecule has 0 saturated carbocycles. The third-order valence-corrected chi connectivity index (χ3v) is 4.08. The highest BCUT2D eigenvalue weighted by Crippen LogP contribution is 2.20. The zero-order valence-electron chi connectivity index (χ0n) is 17.3. The molecule has 6 heteroatoms. The van der Waals surface area contributed by atoms with Crippen LogP contribution in [0.3, 0.4) is 0 Å². The van der Waals surface area contributed by atoms with Crippen LogP contribution in [-0.4, -0.2) is 38.4 Å². The van der Waals surface area contributed by atoms with Crippen molar-refractivity contribution in [1.82, 2.24) is 0 Å². The summed E-state index contributed by atoms with van der Waals surface area (Å²) >= 11 is 0. The van der Waals surface area contributed by atoms with E-state index >= 15 is 0 Å². The molecule has 2 aromatic carbocycles. The van der Waals surface area contributed by atoms with E-state index in [0.717, 1.165) is 24.0 Å². The van der Waals surface area contributed by atoms with E-state index in [1.165, 1.54) is 0 Å². The second-order valence-corrected chi connectivity index (χ2v) is 6.34. The van der Waals surface area contributed by atoms with Crippen molar-refractivity contribution in [3.8, 4) is 23.8 Å². The number of esters is 2. The SMILES string of the molecule is C#Cc1cc(CCc2ccc(OCC(=O)OCC)cc2)cc(OCC(=O)OCC)c1. The number of hydrogen-bond acceptors (Lipinski definition) is 6. The Morgan fingerprint density at radius 3 is 1.93 bits per heavy atom. The topological polar surface area (TPSA) is 71.1 Å². The van der Waals surface area contributed by atoms with Crippen LogP contribution in [-0.2, 0) is 31.9 Å². The fourth-order valence-corrected chi connectivity index (χ4v) is 2.70. The van der Waals surface area contributed by atoms with Gasteiger partial charge in [-0.15, -0.1) is 6.42 Å². The molecule has 2 rings (SSSR count). The van der Waals surface area contributed by atoms with Gasteiger partial charge in [0, 0.05) is 5.56 Å². The van der Waals surface area contributed by atoms with E-state index in [0.29, 0.717) is 30.3 Å². The third-order valence-electron chi connectivity index (χ3n) is 4.08. The molecule has 0 N–H and O–H groups in total. The highest BCUT2D eigenvalue weighted by atomic mass is 16.6. The van der Waals surface area contributed by atoms with Crippen LogP contribution in [0.15, 0.2) is 42.5 Å². The minimum Gasteiger partial charge on any atom is -0.482 e. The average Bonchev–Trinajstić information content (AvgIpc) is 2.76. The smallest absolute Gasteiger partial charge is 0.344 e. The van der Waals surface area contributed by atoms with Crippen molar-refractivity contribution in [1.29, 1.82) is 0 Å². The van der Waals surface area contributed by atoms with E-state index in [1.807, 2.05) is 36.4 Å². The number of rotatable bonds is 11. The predicted molar refractivity (Wildman–Crippen MR) is 112 cm³/mol. The Hall–Kier alpha value is -3.46. The maximum Gasteiger partial charge on any atom is 0.344 e. The Morgan fingerprint density at radius 2 is 1.37 bits per heavy atom. The van der Waals surface area contributed by atoms with E-state index in [1.54, 1.807) is 19.9 Å². The monoisotopic (exact) mass is 410 g/mol. The highest BCUT2D eigenvalue weighted by Gasteiger charge is 2.07. The normalized spacial score (nSPS) is 10.0. The summed E-state index contributed by atoms with van der Waals surface area (Å²) in [5, 5.41) is 0. The predicted octanol–water partition coefficient (Wildman–Crippen LogP) is 3.34. The number of hydrogen-bond donors (Lipinski definition) is 0. The van der Waals surface area contributed by atoms with Crippen molar-refractivity contribution in [2.75, 3.05) is 26.4 Å². The molecule has 0 heterocycles. The fraction of sp³-hybridized carbons (Fsp3) is 0.333. The second-order valence-electron chi connectivity index (χ2n) is 6.34. The zero-order chi connectivity index (χ0) is 21.8. The average molecular weight is 410 g/mol. The molecule has 2 aromatic rings. The van der Waals surface area contributed by atoms with Gasteiger partial charge in [-0.2, -0.15) is 0 Å². The molecule has 6 nitrogen and oxygen atoms in total. The number of ether oxygens (including phenoxy) is 4. The van der Waals surface area contributed by atoms with Crippen LogP contribution >= 0.6 is 0 Å². The fourth-order valence-electron chi connectivity index (χ4n) is 2.70. The van der Waals surface area contributed by atoms with Crippen LogP contribution in [0, 0.1) is 12.3 Å². The second kappa shape index (κ2) is 12.2. The molecule has 0 saturated heterocycles. The van der Waals surface area contributed by atoms with Crippen LogP contribution in [0.25, 0.3) is 0 Å². The van der Waals surface area contributed by atoms with E-state index < -0.39 is 11.9 Å². The van der Waals surface area contributed by atoms with Crippen molar-refractivity contribution in [2.45, 2.75) is 26.7 Å². The lowest BCUT2D eigenvalue weighted by molar-refractivity contribution is -0.146. The molecule has 0 amide bonds. The molecule has 0 aliphatic rings. The summed E-state index contributed by atoms with van der Waals surface area (Å²) in [6, 6.07) is 13.1. The molecule has 0 atom stereocenters. The van der Waals surface area contributed by atoms with Crippen LogP contribution in [0.4, 0.5) is 0 Å². The first-order valence-corrected chi connectivity index (χ1v) is 9.80. The summed E-state index contributed by atoms with van der Waals surface area (Å²) in [5.74, 6) is 2.94. The molecule has 0 spiro atoms. The maximum absolute atomic E-state index is 11.5. The standard InChI is InChI=1S/C24H26O6/c1-4-18-13-20(15-22(14-18)30-17-24(26)28-6-3)8-7-19-9-11-21(12-10-19)29-16-23(25)27-5-2/h1,9-15H,5-8,16-17H2,2-3H3. The van der Waals surface area contributed by atoms with Crippen molar-refractivity contribution in [3.05, 3.63) is 59.2 Å². The molecule has 0 radical (unpaired) electrons. The summed E-state index contributed by atoms with van der Waals surface area (Å²) in [4.78, 5) is 22.8. The Kier molecular flexibility index (Phi) is 9.26. The van der Waals surface area contributed by atoms with Crippen molar-refractivity contribution >= 4 is 11.9 Å². The quantitative estimate of drug-likeness (QED) is 0.418. The number of aryl methyl sites for hydroxylation is 2. The van der Waals surface area contributed by atoms with Gasteiger partial charge in [-0.3, -0.25) is 0 Å². The molecule has 0 aliphatic carbocycles. The summed E-state index contributed by atoms with van der Waals surface area (Å²) < 4.78 is 20.6. The van der Waals surface area contributed by atoms with Crippen molar-refractivity contribution in [3.63, 3.8) is 0 Å². The first kappa shape index (κ1) is 22.8. The van der Waals surface area contributed by atoms with Gasteiger partial charge in [0.1, 0.15) is 11.5 Å². The Balaban J connectivity index is 1.93. The molecule has 158 valence electrons. The number of terminal acetylenes is 1. The van der Waals surface area contributed by atoms with Gasteiger partial charge in [-0.1, -0.05) is 18.1 Å². The summed E-state index contributed by atoms with van der Waals surface area (Å²) in [7, 11) is 0. The van der Waals surface area contributed by atoms with E-state index in [9.17, 15) is 9.59 Å². The molecule has 0 aromatic heterocycles. The highest BCUT2D eigenvalue weighted by molar-refractivity contribution is 5.71. The Morgan fingerprint density at radius 1 is 0.800 bits per heavy atom. The van der Waals surface area contributed by atoms with Crippen molar-refractivity contribution in [2.24, 2.45) is 0 Å². The largest absolute Gasteiger partial charge is 0.482 e. The molecular formula is C24H26O6. The van der Waals surface area contributed by atoms with E-state index in [4.69, 9.17) is 25.4 Å². The van der Waals surface area contributed by atoms with Crippen LogP contribution in [0.5, 0.6) is 11.5 Å². The molecule has 0 fully saturated rings. The van der Waals surface area contributed by atoms with Crippen LogP contribution in [0.1, 0.15) is 30.5 Å². The van der Waals surface area contributed by atoms with Crippen molar-refractivity contribution < 1.29 is 28.5 Å². The Bertz CT molecular complexity index is 880. The molecule has 0 unspecified atom stereocenters. The van der Waals surface area contributed by atoms with Gasteiger partial charge >= 0.3 is 11.9 Å². The number of benzene rings is 2. The van der Waals surface area contributed by atoms with E-state index in [2.05, 4.69) is 5.92 Å². The summed E-state index contributed by atoms with van der Waals surface area (Å²) in [5.41, 5.74) is 2.81. The van der Waals surface area contributed by atoms with Gasteiger partial charge in [-0.25, -0.2) is 9.59 Å². The first-order valence-electron chi connectivity index (χ1n) is 9.80. The lowest BCUT2D eigenvalue weighted by Gasteiger charge is -2.10. The third kappa shape index (κ3) is 7.88. The lowest BCUT2D eigenvalue weighted by Crippen LogP contribution is -2.14. The molecule has 0 bridgehead atoms. The number of carbonyl (C=O) groups excluding carboxylic acids is 2. The van der Waals surface area contributed by atoms with Crippen LogP contribution < -0.4 is 9.47 Å². The Labute approximate surface area is 177 Å².